The van der Waals surface area contributed by atoms with Gasteiger partial charge in [0.15, 0.2) is 0 Å². The Morgan fingerprint density at radius 3 is 2.90 bits per heavy atom. The van der Waals surface area contributed by atoms with Crippen molar-refractivity contribution in [3.8, 4) is 11.8 Å². The van der Waals surface area contributed by atoms with Gasteiger partial charge in [-0.1, -0.05) is 29.1 Å². The second-order valence-electron chi connectivity index (χ2n) is 5.35. The van der Waals surface area contributed by atoms with Gasteiger partial charge in [0.2, 0.25) is 0 Å². The van der Waals surface area contributed by atoms with E-state index in [0.717, 1.165) is 11.1 Å². The first kappa shape index (κ1) is 16.6. The molecular weight excluding hydrogens is 268 g/mol. The summed E-state index contributed by atoms with van der Waals surface area (Å²) in [5.74, 6) is 5.94. The summed E-state index contributed by atoms with van der Waals surface area (Å²) in [5, 5.41) is 14.1. The predicted molar refractivity (Wildman–Crippen MR) is 81.6 cm³/mol. The molecule has 0 heterocycles. The Bertz CT molecular complexity index is 563. The monoisotopic (exact) mass is 288 g/mol. The van der Waals surface area contributed by atoms with Crippen LogP contribution in [0.2, 0.25) is 0 Å². The fraction of sp³-hybridized carbons (Fsp3) is 0.375. The van der Waals surface area contributed by atoms with E-state index < -0.39 is 11.7 Å². The lowest BCUT2D eigenvalue weighted by Gasteiger charge is -2.19. The minimum atomic E-state index is -0.496. The minimum absolute atomic E-state index is 0.430. The van der Waals surface area contributed by atoms with Crippen molar-refractivity contribution in [3.63, 3.8) is 0 Å². The summed E-state index contributed by atoms with van der Waals surface area (Å²) in [6, 6.07) is 7.33. The van der Waals surface area contributed by atoms with Crippen LogP contribution in [0.25, 0.3) is 0 Å². The summed E-state index contributed by atoms with van der Waals surface area (Å²) in [5.41, 5.74) is 1.10. The van der Waals surface area contributed by atoms with Crippen LogP contribution >= 0.6 is 0 Å². The molecule has 0 bridgehead atoms. The SMILES string of the molecule is CC(C)(C)OC(=O)NCCC#Cc1cccc(C=NO)c1. The van der Waals surface area contributed by atoms with E-state index in [4.69, 9.17) is 9.94 Å². The second kappa shape index (κ2) is 7.95. The number of alkyl carbamates (subject to hydrolysis) is 1. The van der Waals surface area contributed by atoms with Crippen molar-refractivity contribution in [1.82, 2.24) is 5.32 Å². The van der Waals surface area contributed by atoms with Crippen molar-refractivity contribution >= 4 is 12.3 Å². The maximum atomic E-state index is 11.4. The molecule has 0 aliphatic rings. The van der Waals surface area contributed by atoms with Crippen molar-refractivity contribution < 1.29 is 14.7 Å². The third-order valence-electron chi connectivity index (χ3n) is 2.24. The van der Waals surface area contributed by atoms with Gasteiger partial charge in [-0.05, 0) is 38.5 Å². The van der Waals surface area contributed by atoms with Crippen LogP contribution in [-0.4, -0.2) is 29.7 Å². The highest BCUT2D eigenvalue weighted by Gasteiger charge is 2.15. The van der Waals surface area contributed by atoms with Crippen LogP contribution < -0.4 is 5.32 Å². The number of hydrogen-bond donors (Lipinski definition) is 2. The Kier molecular flexibility index (Phi) is 6.28. The molecule has 5 heteroatoms. The molecule has 0 aliphatic carbocycles. The normalized spacial score (nSPS) is 10.8. The number of nitrogens with zero attached hydrogens (tertiary/aromatic N) is 1. The van der Waals surface area contributed by atoms with Crippen LogP contribution in [0.1, 0.15) is 38.3 Å². The van der Waals surface area contributed by atoms with E-state index in [2.05, 4.69) is 22.3 Å². The van der Waals surface area contributed by atoms with Gasteiger partial charge in [-0.15, -0.1) is 0 Å². The average molecular weight is 288 g/mol. The zero-order chi connectivity index (χ0) is 15.7. The topological polar surface area (TPSA) is 70.9 Å². The predicted octanol–water partition coefficient (Wildman–Crippen LogP) is 2.76. The summed E-state index contributed by atoms with van der Waals surface area (Å²) in [7, 11) is 0. The van der Waals surface area contributed by atoms with Crippen molar-refractivity contribution in [3.05, 3.63) is 35.4 Å². The van der Waals surface area contributed by atoms with Crippen LogP contribution in [-0.2, 0) is 4.74 Å². The van der Waals surface area contributed by atoms with E-state index in [1.165, 1.54) is 6.21 Å². The third kappa shape index (κ3) is 7.63. The summed E-state index contributed by atoms with van der Waals surface area (Å²) in [6.07, 6.45) is 1.43. The molecule has 1 rings (SSSR count). The molecule has 1 amide bonds. The smallest absolute Gasteiger partial charge is 0.407 e. The molecule has 0 radical (unpaired) electrons. The number of hydrogen-bond acceptors (Lipinski definition) is 4. The van der Waals surface area contributed by atoms with Crippen LogP contribution in [0.3, 0.4) is 0 Å². The fourth-order valence-corrected chi connectivity index (χ4v) is 1.47. The summed E-state index contributed by atoms with van der Waals surface area (Å²) in [4.78, 5) is 11.4. The van der Waals surface area contributed by atoms with Gasteiger partial charge in [0.1, 0.15) is 5.60 Å². The lowest BCUT2D eigenvalue weighted by atomic mass is 10.1. The highest BCUT2D eigenvalue weighted by molar-refractivity contribution is 5.79. The highest BCUT2D eigenvalue weighted by atomic mass is 16.6. The summed E-state index contributed by atoms with van der Waals surface area (Å²) in [6.45, 7) is 5.87. The van der Waals surface area contributed by atoms with Gasteiger partial charge >= 0.3 is 6.09 Å². The molecule has 0 aliphatic heterocycles. The number of oxime groups is 1. The van der Waals surface area contributed by atoms with E-state index in [1.807, 2.05) is 45.0 Å². The molecule has 0 fully saturated rings. The molecule has 0 unspecified atom stereocenters. The Morgan fingerprint density at radius 2 is 2.24 bits per heavy atom. The first-order chi connectivity index (χ1) is 9.90. The molecule has 2 N–H and O–H groups in total. The number of nitrogens with one attached hydrogen (secondary N) is 1. The van der Waals surface area contributed by atoms with Gasteiger partial charge < -0.3 is 15.3 Å². The van der Waals surface area contributed by atoms with Crippen LogP contribution in [0.5, 0.6) is 0 Å². The third-order valence-corrected chi connectivity index (χ3v) is 2.24. The molecular formula is C16H20N2O3. The van der Waals surface area contributed by atoms with Crippen molar-refractivity contribution in [2.45, 2.75) is 32.8 Å². The van der Waals surface area contributed by atoms with Gasteiger partial charge in [0, 0.05) is 18.5 Å². The molecule has 0 aromatic heterocycles. The molecule has 0 saturated heterocycles. The zero-order valence-electron chi connectivity index (χ0n) is 12.5. The number of carbonyl (C=O) groups is 1. The molecule has 0 spiro atoms. The van der Waals surface area contributed by atoms with Crippen LogP contribution in [0, 0.1) is 11.8 Å². The van der Waals surface area contributed by atoms with Gasteiger partial charge in [0.25, 0.3) is 0 Å². The maximum Gasteiger partial charge on any atom is 0.407 e. The first-order valence-electron chi connectivity index (χ1n) is 6.64. The number of carbonyl (C=O) groups excluding carboxylic acids is 1. The maximum absolute atomic E-state index is 11.4. The quantitative estimate of drug-likeness (QED) is 0.295. The highest BCUT2D eigenvalue weighted by Crippen LogP contribution is 2.06. The van der Waals surface area contributed by atoms with Crippen molar-refractivity contribution in [2.75, 3.05) is 6.54 Å². The lowest BCUT2D eigenvalue weighted by molar-refractivity contribution is 0.0529. The van der Waals surface area contributed by atoms with Crippen molar-refractivity contribution in [2.24, 2.45) is 5.16 Å². The van der Waals surface area contributed by atoms with E-state index in [0.29, 0.717) is 13.0 Å². The molecule has 0 saturated carbocycles. The van der Waals surface area contributed by atoms with E-state index in [1.54, 1.807) is 0 Å². The van der Waals surface area contributed by atoms with Gasteiger partial charge in [0.05, 0.1) is 6.21 Å². The number of benzene rings is 1. The fourth-order valence-electron chi connectivity index (χ4n) is 1.47. The van der Waals surface area contributed by atoms with Gasteiger partial charge in [-0.2, -0.15) is 0 Å². The van der Waals surface area contributed by atoms with Crippen molar-refractivity contribution in [1.29, 1.82) is 0 Å². The minimum Gasteiger partial charge on any atom is -0.444 e. The molecule has 5 nitrogen and oxygen atoms in total. The Balaban J connectivity index is 2.40. The molecule has 21 heavy (non-hydrogen) atoms. The van der Waals surface area contributed by atoms with Gasteiger partial charge in [-0.3, -0.25) is 0 Å². The Morgan fingerprint density at radius 1 is 1.48 bits per heavy atom. The average Bonchev–Trinajstić information content (AvgIpc) is 2.37. The van der Waals surface area contributed by atoms with Gasteiger partial charge in [-0.25, -0.2) is 4.79 Å². The first-order valence-corrected chi connectivity index (χ1v) is 6.64. The van der Waals surface area contributed by atoms with Crippen LogP contribution in [0.4, 0.5) is 4.79 Å². The lowest BCUT2D eigenvalue weighted by Crippen LogP contribution is -2.32. The summed E-state index contributed by atoms with van der Waals surface area (Å²) >= 11 is 0. The van der Waals surface area contributed by atoms with Crippen LogP contribution in [0.15, 0.2) is 29.4 Å². The van der Waals surface area contributed by atoms with E-state index in [-0.39, 0.29) is 0 Å². The largest absolute Gasteiger partial charge is 0.444 e. The Hall–Kier alpha value is -2.48. The number of amides is 1. The number of ether oxygens (including phenoxy) is 1. The molecule has 112 valence electrons. The van der Waals surface area contributed by atoms with E-state index >= 15 is 0 Å². The van der Waals surface area contributed by atoms with E-state index in [9.17, 15) is 4.79 Å². The molecule has 1 aromatic carbocycles. The number of rotatable bonds is 3. The Labute approximate surface area is 125 Å². The summed E-state index contributed by atoms with van der Waals surface area (Å²) < 4.78 is 5.11. The zero-order valence-corrected chi connectivity index (χ0v) is 12.5. The standard InChI is InChI=1S/C16H20N2O3/c1-16(2,3)21-15(19)17-10-5-4-7-13-8-6-9-14(11-13)12-18-20/h6,8-9,11-12,20H,5,10H2,1-3H3,(H,17,19). The molecule has 1 aromatic rings. The second-order valence-corrected chi connectivity index (χ2v) is 5.35. The molecule has 0 atom stereocenters.